The van der Waals surface area contributed by atoms with E-state index in [4.69, 9.17) is 4.74 Å². The van der Waals surface area contributed by atoms with E-state index in [0.717, 1.165) is 10.0 Å². The van der Waals surface area contributed by atoms with E-state index in [1.54, 1.807) is 35.0 Å². The SMILES string of the molecule is COc1ccccc1NC(=O)c1cnn2c1NC(C(=O)O)=C[C@H]2c1cccc(Br)c1. The van der Waals surface area contributed by atoms with Crippen LogP contribution in [0.4, 0.5) is 11.5 Å². The summed E-state index contributed by atoms with van der Waals surface area (Å²) in [6.45, 7) is 0. The minimum atomic E-state index is -1.13. The zero-order valence-electron chi connectivity index (χ0n) is 15.8. The molecule has 30 heavy (non-hydrogen) atoms. The van der Waals surface area contributed by atoms with Gasteiger partial charge in [-0.15, -0.1) is 0 Å². The van der Waals surface area contributed by atoms with Gasteiger partial charge in [-0.1, -0.05) is 40.2 Å². The summed E-state index contributed by atoms with van der Waals surface area (Å²) in [5.74, 6) is -0.753. The van der Waals surface area contributed by atoms with Crippen LogP contribution in [0.3, 0.4) is 0 Å². The molecule has 1 aromatic heterocycles. The Morgan fingerprint density at radius 1 is 1.23 bits per heavy atom. The standard InChI is InChI=1S/C21H17BrN4O4/c1-30-18-8-3-2-7-15(18)25-20(27)14-11-23-26-17(12-5-4-6-13(22)9-12)10-16(21(28)29)24-19(14)26/h2-11,17,24H,1H3,(H,25,27)(H,28,29)/t17-/m0/s1. The number of hydrogen-bond donors (Lipinski definition) is 3. The van der Waals surface area contributed by atoms with Crippen LogP contribution in [0.1, 0.15) is 22.0 Å². The molecule has 2 heterocycles. The van der Waals surface area contributed by atoms with Crippen molar-refractivity contribution in [3.63, 3.8) is 0 Å². The summed E-state index contributed by atoms with van der Waals surface area (Å²) in [4.78, 5) is 24.7. The number of aliphatic carboxylic acids is 1. The molecule has 3 aromatic rings. The molecule has 0 saturated carbocycles. The van der Waals surface area contributed by atoms with Crippen molar-refractivity contribution in [2.24, 2.45) is 0 Å². The molecule has 1 aliphatic rings. The number of nitrogens with zero attached hydrogens (tertiary/aromatic N) is 2. The van der Waals surface area contributed by atoms with E-state index in [1.165, 1.54) is 13.3 Å². The number of carbonyl (C=O) groups is 2. The Balaban J connectivity index is 1.73. The molecule has 1 aliphatic heterocycles. The highest BCUT2D eigenvalue weighted by Gasteiger charge is 2.29. The normalized spacial score (nSPS) is 14.9. The molecule has 8 nitrogen and oxygen atoms in total. The minimum Gasteiger partial charge on any atom is -0.495 e. The molecular weight excluding hydrogens is 452 g/mol. The maximum atomic E-state index is 13.0. The van der Waals surface area contributed by atoms with Gasteiger partial charge in [0.25, 0.3) is 5.91 Å². The lowest BCUT2D eigenvalue weighted by Gasteiger charge is -2.24. The van der Waals surface area contributed by atoms with Crippen molar-refractivity contribution in [2.45, 2.75) is 6.04 Å². The minimum absolute atomic E-state index is 0.0284. The smallest absolute Gasteiger partial charge is 0.352 e. The summed E-state index contributed by atoms with van der Waals surface area (Å²) < 4.78 is 7.71. The zero-order valence-corrected chi connectivity index (χ0v) is 17.4. The number of allylic oxidation sites excluding steroid dienone is 1. The van der Waals surface area contributed by atoms with Gasteiger partial charge in [0.15, 0.2) is 0 Å². The van der Waals surface area contributed by atoms with Gasteiger partial charge in [-0.25, -0.2) is 9.48 Å². The number of ether oxygens (including phenoxy) is 1. The fourth-order valence-corrected chi connectivity index (χ4v) is 3.67. The quantitative estimate of drug-likeness (QED) is 0.524. The van der Waals surface area contributed by atoms with Crippen LogP contribution in [0.2, 0.25) is 0 Å². The highest BCUT2D eigenvalue weighted by atomic mass is 79.9. The Morgan fingerprint density at radius 2 is 2.03 bits per heavy atom. The van der Waals surface area contributed by atoms with Crippen LogP contribution in [0.5, 0.6) is 5.75 Å². The molecule has 0 bridgehead atoms. The number of carbonyl (C=O) groups excluding carboxylic acids is 1. The van der Waals surface area contributed by atoms with E-state index < -0.39 is 17.9 Å². The summed E-state index contributed by atoms with van der Waals surface area (Å²) in [5.41, 5.74) is 1.51. The van der Waals surface area contributed by atoms with Gasteiger partial charge in [0, 0.05) is 4.47 Å². The summed E-state index contributed by atoms with van der Waals surface area (Å²) >= 11 is 3.43. The molecule has 1 atom stereocenters. The third-order valence-electron chi connectivity index (χ3n) is 4.66. The third-order valence-corrected chi connectivity index (χ3v) is 5.15. The number of hydrogen-bond acceptors (Lipinski definition) is 5. The molecule has 0 aliphatic carbocycles. The first kappa shape index (κ1) is 19.7. The number of nitrogens with one attached hydrogen (secondary N) is 2. The van der Waals surface area contributed by atoms with Gasteiger partial charge in [0.1, 0.15) is 22.8 Å². The number of amides is 1. The fourth-order valence-electron chi connectivity index (χ4n) is 3.25. The Morgan fingerprint density at radius 3 is 2.77 bits per heavy atom. The Labute approximate surface area is 180 Å². The van der Waals surface area contributed by atoms with Crippen LogP contribution >= 0.6 is 15.9 Å². The predicted octanol–water partition coefficient (Wildman–Crippen LogP) is 3.89. The largest absolute Gasteiger partial charge is 0.495 e. The number of anilines is 2. The van der Waals surface area contributed by atoms with E-state index >= 15 is 0 Å². The fraction of sp³-hybridized carbons (Fsp3) is 0.0952. The average Bonchev–Trinajstić information content (AvgIpc) is 3.17. The number of fused-ring (bicyclic) bond motifs is 1. The first-order valence-corrected chi connectivity index (χ1v) is 9.76. The highest BCUT2D eigenvalue weighted by molar-refractivity contribution is 9.10. The van der Waals surface area contributed by atoms with Gasteiger partial charge in [-0.3, -0.25) is 4.79 Å². The molecule has 0 fully saturated rings. The third kappa shape index (κ3) is 3.67. The number of para-hydroxylation sites is 2. The maximum Gasteiger partial charge on any atom is 0.352 e. The van der Waals surface area contributed by atoms with Crippen molar-refractivity contribution < 1.29 is 19.4 Å². The number of carboxylic acids is 1. The van der Waals surface area contributed by atoms with Crippen LogP contribution in [-0.4, -0.2) is 33.9 Å². The van der Waals surface area contributed by atoms with Crippen LogP contribution < -0.4 is 15.4 Å². The van der Waals surface area contributed by atoms with Gasteiger partial charge in [-0.05, 0) is 35.9 Å². The van der Waals surface area contributed by atoms with Crippen molar-refractivity contribution in [1.29, 1.82) is 0 Å². The lowest BCUT2D eigenvalue weighted by Crippen LogP contribution is -2.25. The lowest BCUT2D eigenvalue weighted by atomic mass is 10.0. The van der Waals surface area contributed by atoms with E-state index in [9.17, 15) is 14.7 Å². The van der Waals surface area contributed by atoms with Gasteiger partial charge in [-0.2, -0.15) is 5.10 Å². The summed E-state index contributed by atoms with van der Waals surface area (Å²) in [7, 11) is 1.51. The topological polar surface area (TPSA) is 105 Å². The molecule has 3 N–H and O–H groups in total. The van der Waals surface area contributed by atoms with E-state index in [0.29, 0.717) is 17.3 Å². The summed E-state index contributed by atoms with van der Waals surface area (Å²) in [6, 6.07) is 14.0. The van der Waals surface area contributed by atoms with Crippen molar-refractivity contribution in [3.8, 4) is 5.75 Å². The molecule has 2 aromatic carbocycles. The molecule has 1 amide bonds. The molecular formula is C21H17BrN4O4. The molecule has 4 rings (SSSR count). The maximum absolute atomic E-state index is 13.0. The Hall–Kier alpha value is -3.59. The van der Waals surface area contributed by atoms with Crippen molar-refractivity contribution in [2.75, 3.05) is 17.7 Å². The number of halogens is 1. The van der Waals surface area contributed by atoms with E-state index in [-0.39, 0.29) is 11.3 Å². The molecule has 152 valence electrons. The highest BCUT2D eigenvalue weighted by Crippen LogP contribution is 2.34. The van der Waals surface area contributed by atoms with E-state index in [1.807, 2.05) is 24.3 Å². The number of aromatic nitrogens is 2. The van der Waals surface area contributed by atoms with Crippen molar-refractivity contribution in [1.82, 2.24) is 9.78 Å². The predicted molar refractivity (Wildman–Crippen MR) is 115 cm³/mol. The summed E-state index contributed by atoms with van der Waals surface area (Å²) in [6.07, 6.45) is 2.97. The zero-order chi connectivity index (χ0) is 21.3. The number of rotatable bonds is 5. The first-order valence-electron chi connectivity index (χ1n) is 8.97. The van der Waals surface area contributed by atoms with Crippen molar-refractivity contribution >= 4 is 39.3 Å². The number of carboxylic acid groups (broad SMARTS) is 1. The monoisotopic (exact) mass is 468 g/mol. The lowest BCUT2D eigenvalue weighted by molar-refractivity contribution is -0.132. The first-order chi connectivity index (χ1) is 14.5. The second kappa shape index (κ2) is 8.03. The van der Waals surface area contributed by atoms with Crippen LogP contribution in [0.15, 0.2) is 71.0 Å². The van der Waals surface area contributed by atoms with Crippen molar-refractivity contribution in [3.05, 3.63) is 82.1 Å². The van der Waals surface area contributed by atoms with E-state index in [2.05, 4.69) is 31.7 Å². The van der Waals surface area contributed by atoms with Gasteiger partial charge in [0.05, 0.1) is 25.0 Å². The van der Waals surface area contributed by atoms with Crippen LogP contribution in [0.25, 0.3) is 0 Å². The molecule has 9 heteroatoms. The van der Waals surface area contributed by atoms with Crippen LogP contribution in [-0.2, 0) is 4.79 Å². The summed E-state index contributed by atoms with van der Waals surface area (Å²) in [5, 5.41) is 19.5. The number of methoxy groups -OCH3 is 1. The molecule has 0 saturated heterocycles. The molecule has 0 unspecified atom stereocenters. The average molecular weight is 469 g/mol. The Bertz CT molecular complexity index is 1170. The van der Waals surface area contributed by atoms with Gasteiger partial charge < -0.3 is 20.5 Å². The number of benzene rings is 2. The molecule has 0 radical (unpaired) electrons. The second-order valence-corrected chi connectivity index (χ2v) is 7.43. The van der Waals surface area contributed by atoms with Gasteiger partial charge >= 0.3 is 5.97 Å². The molecule has 0 spiro atoms. The van der Waals surface area contributed by atoms with Gasteiger partial charge in [0.2, 0.25) is 0 Å². The second-order valence-electron chi connectivity index (χ2n) is 6.52. The van der Waals surface area contributed by atoms with Crippen LogP contribution in [0, 0.1) is 0 Å². The Kier molecular flexibility index (Phi) is 5.28.